The number of amides is 1. The van der Waals surface area contributed by atoms with Crippen LogP contribution in [0.3, 0.4) is 0 Å². The zero-order valence-corrected chi connectivity index (χ0v) is 23.8. The van der Waals surface area contributed by atoms with Crippen LogP contribution in [0.1, 0.15) is 39.3 Å². The minimum absolute atomic E-state index is 0.0549. The first-order chi connectivity index (χ1) is 18.5. The highest BCUT2D eigenvalue weighted by Gasteiger charge is 2.32. The van der Waals surface area contributed by atoms with Crippen molar-refractivity contribution in [3.8, 4) is 11.3 Å². The van der Waals surface area contributed by atoms with E-state index in [-0.39, 0.29) is 36.6 Å². The zero-order valence-electron chi connectivity index (χ0n) is 23.0. The van der Waals surface area contributed by atoms with Gasteiger partial charge in [-0.15, -0.1) is 0 Å². The van der Waals surface area contributed by atoms with Crippen LogP contribution < -0.4 is 10.2 Å². The van der Waals surface area contributed by atoms with Crippen LogP contribution in [0.5, 0.6) is 0 Å². The number of morpholine rings is 1. The zero-order chi connectivity index (χ0) is 27.7. The molecule has 2 saturated heterocycles. The molecule has 0 spiro atoms. The van der Waals surface area contributed by atoms with Gasteiger partial charge in [-0.05, 0) is 63.3 Å². The molecule has 0 aliphatic carbocycles. The molecule has 4 heterocycles. The maximum absolute atomic E-state index is 12.8. The van der Waals surface area contributed by atoms with Gasteiger partial charge in [0.25, 0.3) is 0 Å². The number of fused-ring (bicyclic) bond motifs is 1. The van der Waals surface area contributed by atoms with Crippen LogP contribution >= 0.6 is 0 Å². The topological polar surface area (TPSA) is 105 Å². The predicted molar refractivity (Wildman–Crippen MR) is 153 cm³/mol. The first-order valence-electron chi connectivity index (χ1n) is 13.6. The van der Waals surface area contributed by atoms with Crippen LogP contribution in [-0.2, 0) is 26.0 Å². The van der Waals surface area contributed by atoms with Gasteiger partial charge in [0.05, 0.1) is 36.3 Å². The van der Waals surface area contributed by atoms with Crippen molar-refractivity contribution in [2.24, 2.45) is 0 Å². The van der Waals surface area contributed by atoms with E-state index < -0.39 is 10.0 Å². The molecule has 0 saturated carbocycles. The Morgan fingerprint density at radius 3 is 2.54 bits per heavy atom. The molecule has 0 bridgehead atoms. The van der Waals surface area contributed by atoms with Crippen LogP contribution in [0.2, 0.25) is 0 Å². The highest BCUT2D eigenvalue weighted by atomic mass is 32.2. The molecular formula is C29H37N5O4S. The van der Waals surface area contributed by atoms with E-state index in [2.05, 4.69) is 35.1 Å². The third kappa shape index (κ3) is 6.57. The average Bonchev–Trinajstić information content (AvgIpc) is 2.88. The largest absolute Gasteiger partial charge is 0.372 e. The number of sulfonamides is 1. The SMILES string of the molecule is C[C@@H]1CN(c2cccc(-c3ccc4cnc(CC(=O)N[C@@H]5CC[C@H](C)N(S(C)(=O)=O)C5)cc4c3)n2)C[C@H](C)O1. The number of nitrogens with zero attached hydrogens (tertiary/aromatic N) is 4. The van der Waals surface area contributed by atoms with E-state index in [1.54, 1.807) is 6.20 Å². The normalized spacial score (nSPS) is 24.6. The summed E-state index contributed by atoms with van der Waals surface area (Å²) in [5.41, 5.74) is 2.55. The van der Waals surface area contributed by atoms with Crippen LogP contribution in [-0.4, -0.2) is 78.8 Å². The molecule has 3 aromatic rings. The van der Waals surface area contributed by atoms with Crippen LogP contribution in [0.25, 0.3) is 22.0 Å². The number of aromatic nitrogens is 2. The van der Waals surface area contributed by atoms with Crippen molar-refractivity contribution in [3.05, 3.63) is 54.4 Å². The molecule has 2 fully saturated rings. The monoisotopic (exact) mass is 551 g/mol. The number of nitrogens with one attached hydrogen (secondary N) is 1. The molecule has 0 radical (unpaired) electrons. The lowest BCUT2D eigenvalue weighted by atomic mass is 10.0. The number of pyridine rings is 2. The summed E-state index contributed by atoms with van der Waals surface area (Å²) in [5, 5.41) is 4.98. The van der Waals surface area contributed by atoms with Gasteiger partial charge < -0.3 is 15.0 Å². The van der Waals surface area contributed by atoms with Crippen LogP contribution in [0.4, 0.5) is 5.82 Å². The fourth-order valence-corrected chi connectivity index (χ4v) is 6.88. The van der Waals surface area contributed by atoms with E-state index >= 15 is 0 Å². The van der Waals surface area contributed by atoms with E-state index in [1.807, 2.05) is 43.3 Å². The summed E-state index contributed by atoms with van der Waals surface area (Å²) in [6.07, 6.45) is 4.92. The highest BCUT2D eigenvalue weighted by molar-refractivity contribution is 7.88. The Labute approximate surface area is 230 Å². The Morgan fingerprint density at radius 1 is 1.03 bits per heavy atom. The summed E-state index contributed by atoms with van der Waals surface area (Å²) in [4.78, 5) is 24.6. The summed E-state index contributed by atoms with van der Waals surface area (Å²) in [6, 6.07) is 13.9. The number of rotatable bonds is 6. The van der Waals surface area contributed by atoms with E-state index in [9.17, 15) is 13.2 Å². The summed E-state index contributed by atoms with van der Waals surface area (Å²) in [7, 11) is -3.31. The quantitative estimate of drug-likeness (QED) is 0.501. The second-order valence-corrected chi connectivity index (χ2v) is 12.9. The molecule has 5 rings (SSSR count). The maximum Gasteiger partial charge on any atom is 0.226 e. The Kier molecular flexibility index (Phi) is 7.89. The number of hydrogen-bond acceptors (Lipinski definition) is 7. The number of carbonyl (C=O) groups is 1. The molecule has 9 nitrogen and oxygen atoms in total. The summed E-state index contributed by atoms with van der Waals surface area (Å²) in [6.45, 7) is 7.99. The smallest absolute Gasteiger partial charge is 0.226 e. The van der Waals surface area contributed by atoms with E-state index in [0.717, 1.165) is 47.4 Å². The maximum atomic E-state index is 12.8. The van der Waals surface area contributed by atoms with Crippen molar-refractivity contribution in [2.45, 2.75) is 64.3 Å². The van der Waals surface area contributed by atoms with Crippen molar-refractivity contribution in [1.82, 2.24) is 19.6 Å². The third-order valence-electron chi connectivity index (χ3n) is 7.51. The van der Waals surface area contributed by atoms with Crippen molar-refractivity contribution in [1.29, 1.82) is 0 Å². The standard InChI is InChI=1S/C29H37N5O4S/c1-19-8-11-25(18-34(19)39(4,36)37)31-29(35)14-26-13-24-12-22(9-10-23(24)15-30-26)27-6-5-7-28(32-27)33-16-20(2)38-21(3)17-33/h5-7,9-10,12-13,15,19-21,25H,8,11,14,16-18H2,1-4H3,(H,31,35)/t19-,20-,21+,25+/m0/s1. The van der Waals surface area contributed by atoms with Gasteiger partial charge in [-0.3, -0.25) is 9.78 Å². The molecule has 1 N–H and O–H groups in total. The molecule has 2 aliphatic heterocycles. The Bertz CT molecular complexity index is 1450. The fourth-order valence-electron chi connectivity index (χ4n) is 5.67. The molecule has 0 unspecified atom stereocenters. The summed E-state index contributed by atoms with van der Waals surface area (Å²) < 4.78 is 31.5. The first kappa shape index (κ1) is 27.5. The van der Waals surface area contributed by atoms with Gasteiger partial charge in [0.2, 0.25) is 15.9 Å². The average molecular weight is 552 g/mol. The van der Waals surface area contributed by atoms with Gasteiger partial charge in [-0.2, -0.15) is 4.31 Å². The number of benzene rings is 1. The summed E-state index contributed by atoms with van der Waals surface area (Å²) >= 11 is 0. The number of carbonyl (C=O) groups excluding carboxylic acids is 1. The second kappa shape index (κ2) is 11.2. The predicted octanol–water partition coefficient (Wildman–Crippen LogP) is 3.38. The second-order valence-electron chi connectivity index (χ2n) is 11.0. The van der Waals surface area contributed by atoms with Gasteiger partial charge in [-0.1, -0.05) is 18.2 Å². The van der Waals surface area contributed by atoms with Gasteiger partial charge in [0.15, 0.2) is 0 Å². The minimum Gasteiger partial charge on any atom is -0.372 e. The van der Waals surface area contributed by atoms with Crippen molar-refractivity contribution in [2.75, 3.05) is 30.8 Å². The highest BCUT2D eigenvalue weighted by Crippen LogP contribution is 2.27. The van der Waals surface area contributed by atoms with Crippen LogP contribution in [0, 0.1) is 0 Å². The molecule has 10 heteroatoms. The Balaban J connectivity index is 1.29. The van der Waals surface area contributed by atoms with Crippen molar-refractivity contribution < 1.29 is 17.9 Å². The lowest BCUT2D eigenvalue weighted by Gasteiger charge is -2.36. The van der Waals surface area contributed by atoms with Gasteiger partial charge in [0.1, 0.15) is 5.82 Å². The fraction of sp³-hybridized carbons (Fsp3) is 0.483. The number of hydrogen-bond donors (Lipinski definition) is 1. The molecule has 2 aliphatic rings. The third-order valence-corrected chi connectivity index (χ3v) is 8.87. The van der Waals surface area contributed by atoms with Crippen molar-refractivity contribution in [3.63, 3.8) is 0 Å². The van der Waals surface area contributed by atoms with Gasteiger partial charge >= 0.3 is 0 Å². The van der Waals surface area contributed by atoms with E-state index in [0.29, 0.717) is 18.7 Å². The lowest BCUT2D eigenvalue weighted by Crippen LogP contribution is -2.52. The molecule has 1 amide bonds. The molecule has 208 valence electrons. The van der Waals surface area contributed by atoms with E-state index in [4.69, 9.17) is 9.72 Å². The molecule has 1 aromatic carbocycles. The summed E-state index contributed by atoms with van der Waals surface area (Å²) in [5.74, 6) is 0.780. The first-order valence-corrected chi connectivity index (χ1v) is 15.4. The number of ether oxygens (including phenoxy) is 1. The van der Waals surface area contributed by atoms with E-state index in [1.165, 1.54) is 10.6 Å². The lowest BCUT2D eigenvalue weighted by molar-refractivity contribution is -0.121. The molecule has 4 atom stereocenters. The Morgan fingerprint density at radius 2 is 1.79 bits per heavy atom. The Hall–Kier alpha value is -3.08. The number of anilines is 1. The molecule has 39 heavy (non-hydrogen) atoms. The van der Waals surface area contributed by atoms with Gasteiger partial charge in [0, 0.05) is 48.9 Å². The molecular weight excluding hydrogens is 514 g/mol. The van der Waals surface area contributed by atoms with Crippen LogP contribution in [0.15, 0.2) is 48.7 Å². The molecule has 2 aromatic heterocycles. The van der Waals surface area contributed by atoms with Gasteiger partial charge in [-0.25, -0.2) is 13.4 Å². The minimum atomic E-state index is -3.31. The number of piperidine rings is 1. The van der Waals surface area contributed by atoms with Crippen molar-refractivity contribution >= 4 is 32.5 Å².